The van der Waals surface area contributed by atoms with Gasteiger partial charge in [-0.25, -0.2) is 14.2 Å². The van der Waals surface area contributed by atoms with Crippen molar-refractivity contribution in [2.75, 3.05) is 6.26 Å². The van der Waals surface area contributed by atoms with E-state index < -0.39 is 0 Å². The highest BCUT2D eigenvalue weighted by Gasteiger charge is 2.09. The number of carbonyl (C=O) groups is 1. The molecule has 0 atom stereocenters. The van der Waals surface area contributed by atoms with Crippen molar-refractivity contribution in [2.45, 2.75) is 18.1 Å². The van der Waals surface area contributed by atoms with Crippen LogP contribution in [0.2, 0.25) is 0 Å². The molecular formula is C19H16FNO3S2. The van der Waals surface area contributed by atoms with Gasteiger partial charge in [-0.2, -0.15) is 0 Å². The zero-order valence-corrected chi connectivity index (χ0v) is 15.6. The number of esters is 1. The van der Waals surface area contributed by atoms with Crippen LogP contribution in [0.25, 0.3) is 0 Å². The summed E-state index contributed by atoms with van der Waals surface area (Å²) in [6, 6.07) is 13.1. The molecule has 3 rings (SSSR count). The molecule has 1 heterocycles. The lowest BCUT2D eigenvalue weighted by molar-refractivity contribution is 0.0468. The minimum Gasteiger partial charge on any atom is -0.486 e. The van der Waals surface area contributed by atoms with Gasteiger partial charge in [0.05, 0.1) is 11.3 Å². The Kier molecular flexibility index (Phi) is 6.25. The number of hydrogen-bond acceptors (Lipinski definition) is 6. The van der Waals surface area contributed by atoms with E-state index in [9.17, 15) is 9.18 Å². The normalized spacial score (nSPS) is 10.5. The molecule has 1 aromatic heterocycles. The van der Waals surface area contributed by atoms with Gasteiger partial charge < -0.3 is 9.47 Å². The van der Waals surface area contributed by atoms with E-state index in [1.54, 1.807) is 36.0 Å². The summed E-state index contributed by atoms with van der Waals surface area (Å²) in [6.07, 6.45) is 1.98. The van der Waals surface area contributed by atoms with Crippen LogP contribution in [-0.2, 0) is 18.0 Å². The number of thioether (sulfide) groups is 1. The number of hydrogen-bond donors (Lipinski definition) is 0. The zero-order chi connectivity index (χ0) is 18.4. The molecule has 0 fully saturated rings. The number of ether oxygens (including phenoxy) is 2. The molecule has 7 heteroatoms. The van der Waals surface area contributed by atoms with Gasteiger partial charge in [0.2, 0.25) is 0 Å². The van der Waals surface area contributed by atoms with Crippen LogP contribution < -0.4 is 4.74 Å². The summed E-state index contributed by atoms with van der Waals surface area (Å²) in [4.78, 5) is 17.5. The number of carbonyl (C=O) groups excluding carboxylic acids is 1. The second-order valence-corrected chi connectivity index (χ2v) is 7.10. The number of nitrogens with zero attached hydrogens (tertiary/aromatic N) is 1. The first-order chi connectivity index (χ1) is 12.6. The molecule has 26 heavy (non-hydrogen) atoms. The van der Waals surface area contributed by atoms with Gasteiger partial charge >= 0.3 is 5.97 Å². The summed E-state index contributed by atoms with van der Waals surface area (Å²) < 4.78 is 23.7. The van der Waals surface area contributed by atoms with E-state index >= 15 is 0 Å². The highest BCUT2D eigenvalue weighted by Crippen LogP contribution is 2.18. The predicted molar refractivity (Wildman–Crippen MR) is 100 cm³/mol. The standard InChI is InChI=1S/C19H16FNO3S2/c1-25-17-8-2-13(3-9-17)19(22)24-10-15-12-26-18(21-15)11-23-16-6-4-14(20)5-7-16/h2-9,12H,10-11H2,1H3. The Balaban J connectivity index is 1.49. The number of rotatable bonds is 7. The first kappa shape index (κ1) is 18.4. The average molecular weight is 389 g/mol. The Morgan fingerprint density at radius 3 is 2.54 bits per heavy atom. The first-order valence-corrected chi connectivity index (χ1v) is 9.87. The van der Waals surface area contributed by atoms with Crippen molar-refractivity contribution in [2.24, 2.45) is 0 Å². The molecule has 0 aliphatic carbocycles. The van der Waals surface area contributed by atoms with Crippen LogP contribution in [0.15, 0.2) is 58.8 Å². The molecule has 0 saturated heterocycles. The largest absolute Gasteiger partial charge is 0.486 e. The zero-order valence-electron chi connectivity index (χ0n) is 14.0. The van der Waals surface area contributed by atoms with Crippen LogP contribution in [0.3, 0.4) is 0 Å². The highest BCUT2D eigenvalue weighted by atomic mass is 32.2. The summed E-state index contributed by atoms with van der Waals surface area (Å²) in [7, 11) is 0. The monoisotopic (exact) mass is 389 g/mol. The van der Waals surface area contributed by atoms with Crippen LogP contribution in [0.4, 0.5) is 4.39 Å². The Morgan fingerprint density at radius 2 is 1.85 bits per heavy atom. The van der Waals surface area contributed by atoms with Crippen molar-refractivity contribution in [3.63, 3.8) is 0 Å². The van der Waals surface area contributed by atoms with Gasteiger partial charge in [0.25, 0.3) is 0 Å². The van der Waals surface area contributed by atoms with E-state index in [1.165, 1.54) is 23.5 Å². The summed E-state index contributed by atoms with van der Waals surface area (Å²) in [6.45, 7) is 0.385. The first-order valence-electron chi connectivity index (χ1n) is 7.77. The lowest BCUT2D eigenvalue weighted by Gasteiger charge is -2.04. The molecule has 0 N–H and O–H groups in total. The Morgan fingerprint density at radius 1 is 1.12 bits per heavy atom. The minimum absolute atomic E-state index is 0.107. The van der Waals surface area contributed by atoms with Crippen LogP contribution in [0, 0.1) is 5.82 Å². The van der Waals surface area contributed by atoms with Crippen LogP contribution >= 0.6 is 23.1 Å². The summed E-state index contributed by atoms with van der Waals surface area (Å²) in [5, 5.41) is 2.58. The van der Waals surface area contributed by atoms with Crippen molar-refractivity contribution >= 4 is 29.1 Å². The second-order valence-electron chi connectivity index (χ2n) is 5.28. The molecule has 0 aliphatic heterocycles. The van der Waals surface area contributed by atoms with Crippen LogP contribution in [-0.4, -0.2) is 17.2 Å². The predicted octanol–water partition coefficient (Wildman–Crippen LogP) is 4.94. The molecule has 134 valence electrons. The minimum atomic E-state index is -0.380. The fourth-order valence-corrected chi connectivity index (χ4v) is 3.21. The van der Waals surface area contributed by atoms with E-state index in [2.05, 4.69) is 4.98 Å². The van der Waals surface area contributed by atoms with Gasteiger partial charge in [-0.1, -0.05) is 0 Å². The Labute approximate surface area is 159 Å². The van der Waals surface area contributed by atoms with E-state index in [0.717, 1.165) is 9.90 Å². The van der Waals surface area contributed by atoms with Crippen molar-refractivity contribution < 1.29 is 18.7 Å². The van der Waals surface area contributed by atoms with E-state index in [-0.39, 0.29) is 25.0 Å². The lowest BCUT2D eigenvalue weighted by Crippen LogP contribution is -2.05. The fraction of sp³-hybridized carbons (Fsp3) is 0.158. The summed E-state index contributed by atoms with van der Waals surface area (Å²) in [5.74, 6) is -0.114. The maximum atomic E-state index is 12.9. The Bertz CT molecular complexity index is 863. The molecule has 0 unspecified atom stereocenters. The fourth-order valence-electron chi connectivity index (χ4n) is 2.11. The van der Waals surface area contributed by atoms with E-state index in [4.69, 9.17) is 9.47 Å². The van der Waals surface area contributed by atoms with Gasteiger partial charge in [-0.15, -0.1) is 23.1 Å². The smallest absolute Gasteiger partial charge is 0.338 e. The van der Waals surface area contributed by atoms with Crippen molar-refractivity contribution in [3.8, 4) is 5.75 Å². The van der Waals surface area contributed by atoms with Crippen molar-refractivity contribution in [1.29, 1.82) is 0 Å². The highest BCUT2D eigenvalue weighted by molar-refractivity contribution is 7.98. The SMILES string of the molecule is CSc1ccc(C(=O)OCc2csc(COc3ccc(F)cc3)n2)cc1. The third-order valence-corrected chi connectivity index (χ3v) is 5.07. The van der Waals surface area contributed by atoms with E-state index in [0.29, 0.717) is 17.0 Å². The van der Waals surface area contributed by atoms with Crippen molar-refractivity contribution in [1.82, 2.24) is 4.98 Å². The van der Waals surface area contributed by atoms with Gasteiger partial charge in [0, 0.05) is 10.3 Å². The molecule has 0 aliphatic rings. The maximum absolute atomic E-state index is 12.9. The number of aromatic nitrogens is 1. The van der Waals surface area contributed by atoms with Gasteiger partial charge in [-0.05, 0) is 54.8 Å². The van der Waals surface area contributed by atoms with Gasteiger partial charge in [0.15, 0.2) is 0 Å². The molecular weight excluding hydrogens is 373 g/mol. The lowest BCUT2D eigenvalue weighted by atomic mass is 10.2. The second kappa shape index (κ2) is 8.82. The third-order valence-electron chi connectivity index (χ3n) is 3.45. The molecule has 3 aromatic rings. The number of benzene rings is 2. The van der Waals surface area contributed by atoms with Crippen molar-refractivity contribution in [3.05, 3.63) is 76.0 Å². The molecule has 0 radical (unpaired) electrons. The summed E-state index contributed by atoms with van der Waals surface area (Å²) in [5.41, 5.74) is 1.18. The molecule has 0 bridgehead atoms. The van der Waals surface area contributed by atoms with Gasteiger partial charge in [0.1, 0.15) is 29.8 Å². The number of halogens is 1. The topological polar surface area (TPSA) is 48.4 Å². The molecule has 0 saturated carbocycles. The maximum Gasteiger partial charge on any atom is 0.338 e. The average Bonchev–Trinajstić information content (AvgIpc) is 3.13. The quantitative estimate of drug-likeness (QED) is 0.423. The third kappa shape index (κ3) is 5.06. The molecule has 0 amide bonds. The summed E-state index contributed by atoms with van der Waals surface area (Å²) >= 11 is 3.03. The van der Waals surface area contributed by atoms with Crippen LogP contribution in [0.1, 0.15) is 21.1 Å². The van der Waals surface area contributed by atoms with Gasteiger partial charge in [-0.3, -0.25) is 0 Å². The Hall–Kier alpha value is -2.38. The molecule has 0 spiro atoms. The number of thiazole rings is 1. The van der Waals surface area contributed by atoms with E-state index in [1.807, 2.05) is 23.8 Å². The molecule has 4 nitrogen and oxygen atoms in total. The molecule has 2 aromatic carbocycles. The van der Waals surface area contributed by atoms with Crippen LogP contribution in [0.5, 0.6) is 5.75 Å².